The molecule has 130 valence electrons. The van der Waals surface area contributed by atoms with Crippen LogP contribution in [0.4, 0.5) is 4.79 Å². The Labute approximate surface area is 146 Å². The number of aryl methyl sites for hydroxylation is 1. The standard InChI is InChI=1S/C17H23N3O3S/c1-12-6-4-5-7-13(12)11-24-9-8-18-15(21)10-14-16(22)20(3)17(23)19(14)2/h4-7,14H,8-11H2,1-3H3,(H,18,21)/t14-/m0/s1. The summed E-state index contributed by atoms with van der Waals surface area (Å²) >= 11 is 1.75. The smallest absolute Gasteiger partial charge is 0.326 e. The maximum absolute atomic E-state index is 12.0. The van der Waals surface area contributed by atoms with Gasteiger partial charge in [-0.25, -0.2) is 4.79 Å². The van der Waals surface area contributed by atoms with Gasteiger partial charge in [-0.3, -0.25) is 14.5 Å². The first-order chi connectivity index (χ1) is 11.4. The van der Waals surface area contributed by atoms with Crippen molar-refractivity contribution in [2.24, 2.45) is 0 Å². The van der Waals surface area contributed by atoms with Crippen LogP contribution in [0.5, 0.6) is 0 Å². The highest BCUT2D eigenvalue weighted by molar-refractivity contribution is 7.98. The molecule has 1 saturated heterocycles. The zero-order valence-corrected chi connectivity index (χ0v) is 15.1. The quantitative estimate of drug-likeness (QED) is 0.600. The number of benzene rings is 1. The summed E-state index contributed by atoms with van der Waals surface area (Å²) < 4.78 is 0. The van der Waals surface area contributed by atoms with E-state index in [9.17, 15) is 14.4 Å². The van der Waals surface area contributed by atoms with Crippen LogP contribution in [-0.2, 0) is 15.3 Å². The van der Waals surface area contributed by atoms with E-state index in [4.69, 9.17) is 0 Å². The van der Waals surface area contributed by atoms with Gasteiger partial charge in [0, 0.05) is 32.1 Å². The molecule has 1 aromatic rings. The van der Waals surface area contributed by atoms with Crippen molar-refractivity contribution >= 4 is 29.6 Å². The maximum atomic E-state index is 12.0. The third-order valence-electron chi connectivity index (χ3n) is 4.14. The first kappa shape index (κ1) is 18.3. The predicted octanol–water partition coefficient (Wildman–Crippen LogP) is 1.63. The molecule has 1 aliphatic heterocycles. The van der Waals surface area contributed by atoms with E-state index in [1.807, 2.05) is 12.1 Å². The van der Waals surface area contributed by atoms with Crippen LogP contribution in [0.3, 0.4) is 0 Å². The highest BCUT2D eigenvalue weighted by Crippen LogP contribution is 2.17. The molecule has 1 fully saturated rings. The Kier molecular flexibility index (Phi) is 6.25. The molecule has 2 rings (SSSR count). The van der Waals surface area contributed by atoms with Crippen molar-refractivity contribution < 1.29 is 14.4 Å². The SMILES string of the molecule is Cc1ccccc1CSCCNC(=O)C[C@H]1C(=O)N(C)C(=O)N1C. The van der Waals surface area contributed by atoms with Crippen LogP contribution >= 0.6 is 11.8 Å². The number of carbonyl (C=O) groups excluding carboxylic acids is 3. The lowest BCUT2D eigenvalue weighted by Gasteiger charge is -2.15. The highest BCUT2D eigenvalue weighted by Gasteiger charge is 2.41. The van der Waals surface area contributed by atoms with Gasteiger partial charge in [0.25, 0.3) is 5.91 Å². The number of imide groups is 1. The summed E-state index contributed by atoms with van der Waals surface area (Å²) in [7, 11) is 2.97. The fourth-order valence-corrected chi connectivity index (χ4v) is 3.48. The minimum absolute atomic E-state index is 0.00781. The number of hydrogen-bond donors (Lipinski definition) is 1. The molecule has 1 heterocycles. The van der Waals surface area contributed by atoms with E-state index < -0.39 is 6.04 Å². The average molecular weight is 349 g/mol. The molecule has 0 spiro atoms. The number of urea groups is 1. The van der Waals surface area contributed by atoms with Gasteiger partial charge in [0.1, 0.15) is 6.04 Å². The highest BCUT2D eigenvalue weighted by atomic mass is 32.2. The Balaban J connectivity index is 1.68. The second kappa shape index (κ2) is 8.19. The van der Waals surface area contributed by atoms with Gasteiger partial charge in [-0.2, -0.15) is 11.8 Å². The molecule has 1 atom stereocenters. The van der Waals surface area contributed by atoms with Crippen molar-refractivity contribution in [2.45, 2.75) is 25.1 Å². The zero-order valence-electron chi connectivity index (χ0n) is 14.2. The molecule has 7 heteroatoms. The summed E-state index contributed by atoms with van der Waals surface area (Å²) in [5.41, 5.74) is 2.57. The Morgan fingerprint density at radius 3 is 2.58 bits per heavy atom. The van der Waals surface area contributed by atoms with Crippen LogP contribution in [-0.4, -0.2) is 60.1 Å². The second-order valence-corrected chi connectivity index (χ2v) is 6.94. The predicted molar refractivity (Wildman–Crippen MR) is 94.7 cm³/mol. The van der Waals surface area contributed by atoms with Crippen molar-refractivity contribution in [3.63, 3.8) is 0 Å². The molecule has 0 saturated carbocycles. The lowest BCUT2D eigenvalue weighted by atomic mass is 10.1. The van der Waals surface area contributed by atoms with Gasteiger partial charge < -0.3 is 10.2 Å². The van der Waals surface area contributed by atoms with Crippen molar-refractivity contribution in [1.82, 2.24) is 15.1 Å². The number of rotatable bonds is 7. The van der Waals surface area contributed by atoms with Crippen LogP contribution in [0, 0.1) is 6.92 Å². The van der Waals surface area contributed by atoms with Crippen molar-refractivity contribution in [3.05, 3.63) is 35.4 Å². The Morgan fingerprint density at radius 2 is 1.96 bits per heavy atom. The zero-order chi connectivity index (χ0) is 17.7. The number of thioether (sulfide) groups is 1. The first-order valence-corrected chi connectivity index (χ1v) is 9.00. The van der Waals surface area contributed by atoms with Gasteiger partial charge in [0.05, 0.1) is 6.42 Å². The van der Waals surface area contributed by atoms with E-state index >= 15 is 0 Å². The Morgan fingerprint density at radius 1 is 1.25 bits per heavy atom. The van der Waals surface area contributed by atoms with E-state index in [0.717, 1.165) is 16.4 Å². The first-order valence-electron chi connectivity index (χ1n) is 7.85. The fourth-order valence-electron chi connectivity index (χ4n) is 2.54. The number of likely N-dealkylation sites (N-methyl/N-ethyl adjacent to an activating group) is 2. The molecule has 24 heavy (non-hydrogen) atoms. The molecule has 1 N–H and O–H groups in total. The van der Waals surface area contributed by atoms with E-state index in [1.165, 1.54) is 23.1 Å². The van der Waals surface area contributed by atoms with Gasteiger partial charge in [-0.15, -0.1) is 0 Å². The summed E-state index contributed by atoms with van der Waals surface area (Å²) in [5.74, 6) is 1.17. The van der Waals surface area contributed by atoms with E-state index in [2.05, 4.69) is 24.4 Å². The molecule has 0 bridgehead atoms. The number of amides is 4. The van der Waals surface area contributed by atoms with Crippen LogP contribution < -0.4 is 5.32 Å². The van der Waals surface area contributed by atoms with Crippen LogP contribution in [0.2, 0.25) is 0 Å². The van der Waals surface area contributed by atoms with Gasteiger partial charge in [0.2, 0.25) is 5.91 Å². The van der Waals surface area contributed by atoms with Crippen LogP contribution in [0.1, 0.15) is 17.5 Å². The molecular formula is C17H23N3O3S. The number of nitrogens with zero attached hydrogens (tertiary/aromatic N) is 2. The van der Waals surface area contributed by atoms with Gasteiger partial charge >= 0.3 is 6.03 Å². The van der Waals surface area contributed by atoms with Crippen molar-refractivity contribution in [1.29, 1.82) is 0 Å². The molecule has 1 aliphatic rings. The van der Waals surface area contributed by atoms with Crippen LogP contribution in [0.25, 0.3) is 0 Å². The summed E-state index contributed by atoms with van der Waals surface area (Å²) in [5, 5.41) is 2.81. The minimum Gasteiger partial charge on any atom is -0.355 e. The van der Waals surface area contributed by atoms with Gasteiger partial charge in [-0.05, 0) is 18.1 Å². The molecular weight excluding hydrogens is 326 g/mol. The molecule has 0 aromatic heterocycles. The number of carbonyl (C=O) groups is 3. The third-order valence-corrected chi connectivity index (χ3v) is 5.15. The van der Waals surface area contributed by atoms with Gasteiger partial charge in [0.15, 0.2) is 0 Å². The summed E-state index contributed by atoms with van der Waals surface area (Å²) in [4.78, 5) is 37.9. The molecule has 0 radical (unpaired) electrons. The summed E-state index contributed by atoms with van der Waals surface area (Å²) in [6, 6.07) is 7.18. The van der Waals surface area contributed by atoms with Crippen molar-refractivity contribution in [3.8, 4) is 0 Å². The van der Waals surface area contributed by atoms with Gasteiger partial charge in [-0.1, -0.05) is 24.3 Å². The Bertz CT molecular complexity index is 635. The third kappa shape index (κ3) is 4.29. The maximum Gasteiger partial charge on any atom is 0.326 e. The number of hydrogen-bond acceptors (Lipinski definition) is 4. The van der Waals surface area contributed by atoms with E-state index in [0.29, 0.717) is 6.54 Å². The largest absolute Gasteiger partial charge is 0.355 e. The number of nitrogens with one attached hydrogen (secondary N) is 1. The van der Waals surface area contributed by atoms with Crippen LogP contribution in [0.15, 0.2) is 24.3 Å². The molecule has 1 aromatic carbocycles. The second-order valence-electron chi connectivity index (χ2n) is 5.84. The summed E-state index contributed by atoms with van der Waals surface area (Å²) in [6.07, 6.45) is 0.00781. The monoisotopic (exact) mass is 349 g/mol. The normalized spacial score (nSPS) is 17.5. The van der Waals surface area contributed by atoms with Crippen molar-refractivity contribution in [2.75, 3.05) is 26.4 Å². The average Bonchev–Trinajstić information content (AvgIpc) is 2.74. The molecule has 0 aliphatic carbocycles. The fraction of sp³-hybridized carbons (Fsp3) is 0.471. The summed E-state index contributed by atoms with van der Waals surface area (Å²) in [6.45, 7) is 2.63. The van der Waals surface area contributed by atoms with E-state index in [1.54, 1.807) is 18.8 Å². The van der Waals surface area contributed by atoms with E-state index in [-0.39, 0.29) is 24.3 Å². The minimum atomic E-state index is -0.692. The Hall–Kier alpha value is -2.02. The lowest BCUT2D eigenvalue weighted by Crippen LogP contribution is -2.38. The topological polar surface area (TPSA) is 69.7 Å². The lowest BCUT2D eigenvalue weighted by molar-refractivity contribution is -0.131. The molecule has 6 nitrogen and oxygen atoms in total. The molecule has 4 amide bonds. The molecule has 0 unspecified atom stereocenters.